The molecule has 1 amide bonds. The first-order valence-corrected chi connectivity index (χ1v) is 6.09. The molecule has 1 heterocycles. The van der Waals surface area contributed by atoms with Crippen molar-refractivity contribution in [3.63, 3.8) is 0 Å². The Morgan fingerprint density at radius 3 is 2.65 bits per heavy atom. The van der Waals surface area contributed by atoms with Gasteiger partial charge in [0.25, 0.3) is 5.91 Å². The monoisotopic (exact) mass is 274 g/mol. The van der Waals surface area contributed by atoms with Crippen LogP contribution < -0.4 is 16.6 Å². The van der Waals surface area contributed by atoms with Crippen molar-refractivity contribution in [1.29, 1.82) is 0 Å². The van der Waals surface area contributed by atoms with Crippen LogP contribution in [0.5, 0.6) is 0 Å². The molecule has 20 heavy (non-hydrogen) atoms. The number of nitrogen functional groups attached to an aromatic ring is 1. The number of hydrazine groups is 1. The van der Waals surface area contributed by atoms with Crippen LogP contribution in [0.1, 0.15) is 28.9 Å². The van der Waals surface area contributed by atoms with E-state index in [9.17, 15) is 9.18 Å². The molecule has 0 saturated carbocycles. The third-order valence-electron chi connectivity index (χ3n) is 2.89. The second-order valence-corrected chi connectivity index (χ2v) is 4.29. The van der Waals surface area contributed by atoms with Crippen molar-refractivity contribution < 1.29 is 9.18 Å². The molecule has 104 valence electrons. The van der Waals surface area contributed by atoms with Gasteiger partial charge in [-0.15, -0.1) is 0 Å². The summed E-state index contributed by atoms with van der Waals surface area (Å²) in [5.74, 6) is 4.99. The van der Waals surface area contributed by atoms with E-state index in [2.05, 4.69) is 15.7 Å². The number of hydrogen-bond donors (Lipinski definition) is 3. The Hall–Kier alpha value is -2.47. The lowest BCUT2D eigenvalue weighted by molar-refractivity contribution is 0.0939. The Bertz CT molecular complexity index is 600. The zero-order valence-corrected chi connectivity index (χ0v) is 10.9. The summed E-state index contributed by atoms with van der Waals surface area (Å²) < 4.78 is 13.6. The number of halogens is 1. The van der Waals surface area contributed by atoms with E-state index in [1.54, 1.807) is 37.3 Å². The predicted octanol–water partition coefficient (Wildman–Crippen LogP) is 2.00. The van der Waals surface area contributed by atoms with Gasteiger partial charge in [-0.2, -0.15) is 0 Å². The standard InChI is InChI=1S/C14H15FN4O/c1-9(11-4-2-3-5-12(11)15)18-14(20)10-6-7-13(19-16)17-8-10/h2-9H,16H2,1H3,(H,17,19)(H,18,20). The van der Waals surface area contributed by atoms with Crippen LogP contribution >= 0.6 is 0 Å². The fraction of sp³-hybridized carbons (Fsp3) is 0.143. The van der Waals surface area contributed by atoms with Crippen LogP contribution in [0.4, 0.5) is 10.2 Å². The highest BCUT2D eigenvalue weighted by atomic mass is 19.1. The molecule has 0 aliphatic heterocycles. The van der Waals surface area contributed by atoms with Crippen molar-refractivity contribution in [2.45, 2.75) is 13.0 Å². The van der Waals surface area contributed by atoms with Gasteiger partial charge in [0.1, 0.15) is 11.6 Å². The van der Waals surface area contributed by atoms with Crippen molar-refractivity contribution in [2.75, 3.05) is 5.43 Å². The number of carbonyl (C=O) groups is 1. The van der Waals surface area contributed by atoms with Gasteiger partial charge in [0.15, 0.2) is 0 Å². The summed E-state index contributed by atoms with van der Waals surface area (Å²) in [6.07, 6.45) is 1.40. The normalized spacial score (nSPS) is 11.8. The Morgan fingerprint density at radius 2 is 2.05 bits per heavy atom. The van der Waals surface area contributed by atoms with E-state index in [1.807, 2.05) is 0 Å². The molecule has 0 fully saturated rings. The highest BCUT2D eigenvalue weighted by Crippen LogP contribution is 2.16. The zero-order chi connectivity index (χ0) is 14.5. The molecule has 0 spiro atoms. The fourth-order valence-electron chi connectivity index (χ4n) is 1.80. The highest BCUT2D eigenvalue weighted by Gasteiger charge is 2.14. The molecule has 4 N–H and O–H groups in total. The number of pyridine rings is 1. The first kappa shape index (κ1) is 14.0. The van der Waals surface area contributed by atoms with E-state index in [0.717, 1.165) is 0 Å². The molecule has 0 aliphatic carbocycles. The van der Waals surface area contributed by atoms with Gasteiger partial charge in [-0.3, -0.25) is 4.79 Å². The number of aromatic nitrogens is 1. The molecule has 1 unspecified atom stereocenters. The number of rotatable bonds is 4. The molecule has 2 rings (SSSR count). The van der Waals surface area contributed by atoms with Gasteiger partial charge in [-0.25, -0.2) is 15.2 Å². The minimum atomic E-state index is -0.434. The third-order valence-corrected chi connectivity index (χ3v) is 2.89. The van der Waals surface area contributed by atoms with E-state index in [-0.39, 0.29) is 11.7 Å². The van der Waals surface area contributed by atoms with Crippen LogP contribution in [0.3, 0.4) is 0 Å². The average molecular weight is 274 g/mol. The number of amides is 1. The van der Waals surface area contributed by atoms with Crippen molar-refractivity contribution >= 4 is 11.7 Å². The minimum Gasteiger partial charge on any atom is -0.345 e. The topological polar surface area (TPSA) is 80.0 Å². The van der Waals surface area contributed by atoms with E-state index in [4.69, 9.17) is 5.84 Å². The molecule has 0 radical (unpaired) electrons. The smallest absolute Gasteiger partial charge is 0.253 e. The predicted molar refractivity (Wildman–Crippen MR) is 74.3 cm³/mol. The molecule has 0 aliphatic rings. The largest absolute Gasteiger partial charge is 0.345 e. The van der Waals surface area contributed by atoms with Crippen molar-refractivity contribution in [1.82, 2.24) is 10.3 Å². The highest BCUT2D eigenvalue weighted by molar-refractivity contribution is 5.94. The van der Waals surface area contributed by atoms with E-state index >= 15 is 0 Å². The van der Waals surface area contributed by atoms with Gasteiger partial charge >= 0.3 is 0 Å². The van der Waals surface area contributed by atoms with Crippen LogP contribution in [0.25, 0.3) is 0 Å². The van der Waals surface area contributed by atoms with Gasteiger partial charge in [0, 0.05) is 11.8 Å². The maximum Gasteiger partial charge on any atom is 0.253 e. The summed E-state index contributed by atoms with van der Waals surface area (Å²) in [4.78, 5) is 16.0. The summed E-state index contributed by atoms with van der Waals surface area (Å²) in [6.45, 7) is 1.72. The van der Waals surface area contributed by atoms with E-state index in [1.165, 1.54) is 12.3 Å². The lowest BCUT2D eigenvalue weighted by atomic mass is 10.1. The van der Waals surface area contributed by atoms with Crippen LogP contribution in [-0.4, -0.2) is 10.9 Å². The molecule has 0 saturated heterocycles. The summed E-state index contributed by atoms with van der Waals surface area (Å²) >= 11 is 0. The maximum atomic E-state index is 13.6. The first-order chi connectivity index (χ1) is 9.61. The second-order valence-electron chi connectivity index (χ2n) is 4.29. The third kappa shape index (κ3) is 3.10. The molecule has 6 heteroatoms. The van der Waals surface area contributed by atoms with Crippen LogP contribution in [0, 0.1) is 5.82 Å². The molecule has 1 aromatic heterocycles. The molecule has 1 atom stereocenters. The molecule has 1 aromatic carbocycles. The molecule has 0 bridgehead atoms. The number of anilines is 1. The van der Waals surface area contributed by atoms with Gasteiger partial charge in [0.05, 0.1) is 11.6 Å². The zero-order valence-electron chi connectivity index (χ0n) is 10.9. The Balaban J connectivity index is 2.09. The Morgan fingerprint density at radius 1 is 1.30 bits per heavy atom. The first-order valence-electron chi connectivity index (χ1n) is 6.09. The van der Waals surface area contributed by atoms with Crippen molar-refractivity contribution in [3.8, 4) is 0 Å². The van der Waals surface area contributed by atoms with Crippen LogP contribution in [-0.2, 0) is 0 Å². The lowest BCUT2D eigenvalue weighted by Crippen LogP contribution is -2.27. The van der Waals surface area contributed by atoms with Gasteiger partial charge in [-0.05, 0) is 25.1 Å². The van der Waals surface area contributed by atoms with Gasteiger partial charge < -0.3 is 10.7 Å². The quantitative estimate of drug-likeness (QED) is 0.588. The molecule has 5 nitrogen and oxygen atoms in total. The molecular formula is C14H15FN4O. The molecule has 2 aromatic rings. The maximum absolute atomic E-state index is 13.6. The van der Waals surface area contributed by atoms with Crippen molar-refractivity contribution in [2.24, 2.45) is 5.84 Å². The average Bonchev–Trinajstić information content (AvgIpc) is 2.47. The number of nitrogens with zero attached hydrogens (tertiary/aromatic N) is 1. The lowest BCUT2D eigenvalue weighted by Gasteiger charge is -2.15. The summed E-state index contributed by atoms with van der Waals surface area (Å²) in [5.41, 5.74) is 3.20. The number of nitrogens with one attached hydrogen (secondary N) is 2. The number of carbonyl (C=O) groups excluding carboxylic acids is 1. The fourth-order valence-corrected chi connectivity index (χ4v) is 1.80. The van der Waals surface area contributed by atoms with Crippen molar-refractivity contribution in [3.05, 3.63) is 59.5 Å². The summed E-state index contributed by atoms with van der Waals surface area (Å²) in [7, 11) is 0. The minimum absolute atomic E-state index is 0.322. The second kappa shape index (κ2) is 6.12. The SMILES string of the molecule is CC(NC(=O)c1ccc(NN)nc1)c1ccccc1F. The van der Waals surface area contributed by atoms with E-state index < -0.39 is 6.04 Å². The molecular weight excluding hydrogens is 259 g/mol. The van der Waals surface area contributed by atoms with Crippen LogP contribution in [0.15, 0.2) is 42.6 Å². The summed E-state index contributed by atoms with van der Waals surface area (Å²) in [5, 5.41) is 2.72. The Labute approximate surface area is 116 Å². The number of nitrogens with two attached hydrogens (primary N) is 1. The van der Waals surface area contributed by atoms with Gasteiger partial charge in [-0.1, -0.05) is 18.2 Å². The number of benzene rings is 1. The van der Waals surface area contributed by atoms with Crippen LogP contribution in [0.2, 0.25) is 0 Å². The van der Waals surface area contributed by atoms with Gasteiger partial charge in [0.2, 0.25) is 0 Å². The summed E-state index contributed by atoms with van der Waals surface area (Å²) in [6, 6.07) is 9.08. The van der Waals surface area contributed by atoms with E-state index in [0.29, 0.717) is 16.9 Å². The Kier molecular flexibility index (Phi) is 4.27. The number of hydrogen-bond acceptors (Lipinski definition) is 4.